The summed E-state index contributed by atoms with van der Waals surface area (Å²) in [6, 6.07) is 15.4. The molecule has 1 N–H and O–H groups in total. The molecule has 0 amide bonds. The summed E-state index contributed by atoms with van der Waals surface area (Å²) in [7, 11) is 0. The van der Waals surface area contributed by atoms with Gasteiger partial charge in [-0.05, 0) is 30.5 Å². The number of piperidine rings is 1. The van der Waals surface area contributed by atoms with Gasteiger partial charge in [0.1, 0.15) is 0 Å². The highest BCUT2D eigenvalue weighted by Gasteiger charge is 2.18. The molecular weight excluding hydrogens is 234 g/mol. The summed E-state index contributed by atoms with van der Waals surface area (Å²) >= 11 is 0. The van der Waals surface area contributed by atoms with Crippen LogP contribution in [0.3, 0.4) is 0 Å². The van der Waals surface area contributed by atoms with Crippen LogP contribution in [0, 0.1) is 0 Å². The minimum Gasteiger partial charge on any atom is -0.323 e. The van der Waals surface area contributed by atoms with Gasteiger partial charge < -0.3 is 5.43 Å². The highest BCUT2D eigenvalue weighted by atomic mass is 15.4. The van der Waals surface area contributed by atoms with Crippen molar-refractivity contribution in [3.63, 3.8) is 0 Å². The van der Waals surface area contributed by atoms with E-state index in [0.29, 0.717) is 6.04 Å². The van der Waals surface area contributed by atoms with Crippen molar-refractivity contribution >= 4 is 0 Å². The number of hydrogen-bond acceptors (Lipinski definition) is 2. The van der Waals surface area contributed by atoms with E-state index in [2.05, 4.69) is 69.9 Å². The Morgan fingerprint density at radius 1 is 0.947 bits per heavy atom. The molecule has 0 radical (unpaired) electrons. The molecule has 2 heterocycles. The first-order valence-corrected chi connectivity index (χ1v) is 7.06. The molecule has 0 saturated carbocycles. The molecule has 1 saturated heterocycles. The summed E-state index contributed by atoms with van der Waals surface area (Å²) < 4.78 is 2.07. The van der Waals surface area contributed by atoms with Crippen LogP contribution in [0.4, 0.5) is 0 Å². The van der Waals surface area contributed by atoms with Gasteiger partial charge in [0.2, 0.25) is 0 Å². The molecule has 2 aromatic rings. The van der Waals surface area contributed by atoms with Crippen LogP contribution in [0.15, 0.2) is 54.9 Å². The lowest BCUT2D eigenvalue weighted by molar-refractivity contribution is 0.207. The minimum atomic E-state index is 0.597. The third kappa shape index (κ3) is 3.38. The van der Waals surface area contributed by atoms with Crippen LogP contribution < -0.4 is 5.43 Å². The van der Waals surface area contributed by atoms with Crippen LogP contribution in [-0.2, 0) is 6.54 Å². The van der Waals surface area contributed by atoms with E-state index < -0.39 is 0 Å². The van der Waals surface area contributed by atoms with Crippen molar-refractivity contribution in [2.75, 3.05) is 18.5 Å². The molecule has 1 fully saturated rings. The predicted octanol–water partition coefficient (Wildman–Crippen LogP) is 2.70. The van der Waals surface area contributed by atoms with E-state index in [1.807, 2.05) is 0 Å². The fourth-order valence-corrected chi connectivity index (χ4v) is 2.69. The average molecular weight is 255 g/mol. The number of rotatable bonds is 4. The van der Waals surface area contributed by atoms with E-state index >= 15 is 0 Å². The van der Waals surface area contributed by atoms with Gasteiger partial charge in [0, 0.05) is 38.1 Å². The Morgan fingerprint density at radius 3 is 2.32 bits per heavy atom. The average Bonchev–Trinajstić information content (AvgIpc) is 2.95. The standard InChI is InChI=1S/C16H21N3/c1-2-6-15(7-3-1)14-18-12-8-16(9-13-18)17-19-10-4-5-11-19/h1-7,10-11,16-17H,8-9,12-14H2. The first kappa shape index (κ1) is 12.3. The minimum absolute atomic E-state index is 0.597. The Bertz CT molecular complexity index is 470. The summed E-state index contributed by atoms with van der Waals surface area (Å²) in [6.07, 6.45) is 6.56. The van der Waals surface area contributed by atoms with Gasteiger partial charge in [0.15, 0.2) is 0 Å². The van der Waals surface area contributed by atoms with Crippen molar-refractivity contribution in [1.29, 1.82) is 0 Å². The summed E-state index contributed by atoms with van der Waals surface area (Å²) in [5, 5.41) is 0. The Morgan fingerprint density at radius 2 is 1.63 bits per heavy atom. The van der Waals surface area contributed by atoms with Crippen LogP contribution in [0.2, 0.25) is 0 Å². The molecule has 0 spiro atoms. The van der Waals surface area contributed by atoms with Gasteiger partial charge in [0.05, 0.1) is 0 Å². The number of benzene rings is 1. The highest BCUT2D eigenvalue weighted by Crippen LogP contribution is 2.14. The van der Waals surface area contributed by atoms with Gasteiger partial charge in [-0.15, -0.1) is 0 Å². The van der Waals surface area contributed by atoms with Gasteiger partial charge in [0.25, 0.3) is 0 Å². The quantitative estimate of drug-likeness (QED) is 0.906. The molecule has 3 nitrogen and oxygen atoms in total. The van der Waals surface area contributed by atoms with Crippen molar-refractivity contribution in [2.24, 2.45) is 0 Å². The Hall–Kier alpha value is -1.74. The molecule has 100 valence electrons. The van der Waals surface area contributed by atoms with Crippen LogP contribution in [-0.4, -0.2) is 28.7 Å². The zero-order chi connectivity index (χ0) is 12.9. The molecular formula is C16H21N3. The van der Waals surface area contributed by atoms with Crippen LogP contribution in [0.25, 0.3) is 0 Å². The van der Waals surface area contributed by atoms with Crippen molar-refractivity contribution in [1.82, 2.24) is 9.58 Å². The van der Waals surface area contributed by atoms with Crippen molar-refractivity contribution in [2.45, 2.75) is 25.4 Å². The lowest BCUT2D eigenvalue weighted by Crippen LogP contribution is -2.40. The van der Waals surface area contributed by atoms with Gasteiger partial charge in [-0.1, -0.05) is 30.3 Å². The topological polar surface area (TPSA) is 20.2 Å². The first-order valence-electron chi connectivity index (χ1n) is 7.06. The van der Waals surface area contributed by atoms with Gasteiger partial charge >= 0.3 is 0 Å². The Balaban J connectivity index is 1.47. The van der Waals surface area contributed by atoms with E-state index in [1.54, 1.807) is 0 Å². The van der Waals surface area contributed by atoms with Crippen molar-refractivity contribution in [3.8, 4) is 0 Å². The molecule has 1 aromatic heterocycles. The maximum Gasteiger partial charge on any atom is 0.0448 e. The monoisotopic (exact) mass is 255 g/mol. The molecule has 1 aliphatic heterocycles. The number of nitrogens with one attached hydrogen (secondary N) is 1. The SMILES string of the molecule is c1ccc(CN2CCC(Nn3cccc3)CC2)cc1. The molecule has 0 aliphatic carbocycles. The Labute approximate surface area is 114 Å². The predicted molar refractivity (Wildman–Crippen MR) is 78.5 cm³/mol. The molecule has 0 atom stereocenters. The molecule has 1 aliphatic rings. The van der Waals surface area contributed by atoms with E-state index in [-0.39, 0.29) is 0 Å². The molecule has 1 aromatic carbocycles. The van der Waals surface area contributed by atoms with Gasteiger partial charge in [-0.2, -0.15) is 0 Å². The maximum absolute atomic E-state index is 3.54. The smallest absolute Gasteiger partial charge is 0.0448 e. The second-order valence-corrected chi connectivity index (χ2v) is 5.26. The van der Waals surface area contributed by atoms with E-state index in [1.165, 1.54) is 31.5 Å². The molecule has 0 unspecified atom stereocenters. The van der Waals surface area contributed by atoms with Gasteiger partial charge in [-0.25, -0.2) is 0 Å². The summed E-state index contributed by atoms with van der Waals surface area (Å²) in [5.41, 5.74) is 4.95. The number of nitrogens with zero attached hydrogens (tertiary/aromatic N) is 2. The largest absolute Gasteiger partial charge is 0.323 e. The van der Waals surface area contributed by atoms with E-state index in [4.69, 9.17) is 0 Å². The van der Waals surface area contributed by atoms with E-state index in [0.717, 1.165) is 6.54 Å². The van der Waals surface area contributed by atoms with E-state index in [9.17, 15) is 0 Å². The van der Waals surface area contributed by atoms with Crippen LogP contribution >= 0.6 is 0 Å². The zero-order valence-electron chi connectivity index (χ0n) is 11.2. The fraction of sp³-hybridized carbons (Fsp3) is 0.375. The molecule has 3 heteroatoms. The zero-order valence-corrected chi connectivity index (χ0v) is 11.2. The summed E-state index contributed by atoms with van der Waals surface area (Å²) in [5.74, 6) is 0. The van der Waals surface area contributed by atoms with Crippen LogP contribution in [0.1, 0.15) is 18.4 Å². The van der Waals surface area contributed by atoms with Crippen LogP contribution in [0.5, 0.6) is 0 Å². The summed E-state index contributed by atoms with van der Waals surface area (Å²) in [4.78, 5) is 2.54. The molecule has 19 heavy (non-hydrogen) atoms. The third-order valence-electron chi connectivity index (χ3n) is 3.77. The first-order chi connectivity index (χ1) is 9.40. The molecule has 3 rings (SSSR count). The maximum atomic E-state index is 3.54. The number of hydrogen-bond donors (Lipinski definition) is 1. The second kappa shape index (κ2) is 5.93. The summed E-state index contributed by atoms with van der Waals surface area (Å²) in [6.45, 7) is 3.43. The lowest BCUT2D eigenvalue weighted by atomic mass is 10.0. The Kier molecular flexibility index (Phi) is 3.84. The number of likely N-dealkylation sites (tertiary alicyclic amines) is 1. The lowest BCUT2D eigenvalue weighted by Gasteiger charge is -2.33. The second-order valence-electron chi connectivity index (χ2n) is 5.26. The fourth-order valence-electron chi connectivity index (χ4n) is 2.69. The number of aromatic nitrogens is 1. The van der Waals surface area contributed by atoms with Crippen molar-refractivity contribution in [3.05, 3.63) is 60.4 Å². The normalized spacial score (nSPS) is 17.5. The van der Waals surface area contributed by atoms with Gasteiger partial charge in [-0.3, -0.25) is 9.58 Å². The van der Waals surface area contributed by atoms with Crippen molar-refractivity contribution < 1.29 is 0 Å². The highest BCUT2D eigenvalue weighted by molar-refractivity contribution is 5.14. The molecule has 0 bridgehead atoms. The third-order valence-corrected chi connectivity index (χ3v) is 3.77.